The van der Waals surface area contributed by atoms with Gasteiger partial charge in [0.15, 0.2) is 0 Å². The van der Waals surface area contributed by atoms with Crippen LogP contribution < -0.4 is 5.32 Å². The van der Waals surface area contributed by atoms with Gasteiger partial charge in [0.25, 0.3) is 5.91 Å². The maximum Gasteiger partial charge on any atom is 0.266 e. The number of carbonyl (C=O) groups excluding carboxylic acids is 1. The SMILES string of the molecule is Cc1ccc(-c2nc(C)c(C(=O)N3CCNCC3c3cccnc3)s2)c(C)c1. The number of aromatic nitrogens is 2. The molecule has 1 aromatic carbocycles. The smallest absolute Gasteiger partial charge is 0.266 e. The molecule has 2 aromatic heterocycles. The van der Waals surface area contributed by atoms with Gasteiger partial charge in [-0.05, 0) is 38.0 Å². The van der Waals surface area contributed by atoms with Crippen LogP contribution in [0.15, 0.2) is 42.7 Å². The number of nitrogens with one attached hydrogen (secondary N) is 1. The third-order valence-corrected chi connectivity index (χ3v) is 6.36. The fraction of sp³-hybridized carbons (Fsp3) is 0.318. The van der Waals surface area contributed by atoms with E-state index in [1.165, 1.54) is 22.5 Å². The first kappa shape index (κ1) is 18.8. The van der Waals surface area contributed by atoms with Gasteiger partial charge >= 0.3 is 0 Å². The fourth-order valence-electron chi connectivity index (χ4n) is 3.71. The van der Waals surface area contributed by atoms with Crippen molar-refractivity contribution < 1.29 is 4.79 Å². The second kappa shape index (κ2) is 7.81. The molecule has 1 fully saturated rings. The summed E-state index contributed by atoms with van der Waals surface area (Å²) in [4.78, 5) is 25.1. The lowest BCUT2D eigenvalue weighted by molar-refractivity contribution is 0.0638. The number of hydrogen-bond donors (Lipinski definition) is 1. The number of thiazole rings is 1. The van der Waals surface area contributed by atoms with Gasteiger partial charge in [-0.2, -0.15) is 0 Å². The van der Waals surface area contributed by atoms with Gasteiger partial charge in [-0.25, -0.2) is 4.98 Å². The molecule has 3 heterocycles. The average Bonchev–Trinajstić information content (AvgIpc) is 3.09. The van der Waals surface area contributed by atoms with Crippen molar-refractivity contribution in [1.29, 1.82) is 0 Å². The summed E-state index contributed by atoms with van der Waals surface area (Å²) >= 11 is 1.49. The normalized spacial score (nSPS) is 17.0. The number of piperazine rings is 1. The zero-order valence-electron chi connectivity index (χ0n) is 16.4. The Labute approximate surface area is 169 Å². The second-order valence-corrected chi connectivity index (χ2v) is 8.26. The summed E-state index contributed by atoms with van der Waals surface area (Å²) in [6.07, 6.45) is 3.61. The molecule has 0 radical (unpaired) electrons. The van der Waals surface area contributed by atoms with Crippen LogP contribution in [0, 0.1) is 20.8 Å². The summed E-state index contributed by atoms with van der Waals surface area (Å²) in [5, 5.41) is 4.30. The fourth-order valence-corrected chi connectivity index (χ4v) is 4.83. The number of amides is 1. The van der Waals surface area contributed by atoms with Crippen LogP contribution in [0.5, 0.6) is 0 Å². The number of benzene rings is 1. The Hall–Kier alpha value is -2.57. The topological polar surface area (TPSA) is 58.1 Å². The predicted molar refractivity (Wildman–Crippen MR) is 113 cm³/mol. The molecule has 28 heavy (non-hydrogen) atoms. The minimum absolute atomic E-state index is 0.0130. The van der Waals surface area contributed by atoms with Crippen molar-refractivity contribution in [3.05, 3.63) is 70.0 Å². The Balaban J connectivity index is 1.66. The molecule has 3 aromatic rings. The van der Waals surface area contributed by atoms with E-state index in [0.717, 1.165) is 39.8 Å². The minimum Gasteiger partial charge on any atom is -0.328 e. The molecule has 6 heteroatoms. The van der Waals surface area contributed by atoms with Crippen LogP contribution in [0.25, 0.3) is 10.6 Å². The zero-order valence-corrected chi connectivity index (χ0v) is 17.2. The van der Waals surface area contributed by atoms with Gasteiger partial charge in [0.2, 0.25) is 0 Å². The van der Waals surface area contributed by atoms with Gasteiger partial charge in [-0.3, -0.25) is 9.78 Å². The molecule has 1 atom stereocenters. The van der Waals surface area contributed by atoms with Gasteiger partial charge in [-0.1, -0.05) is 29.8 Å². The number of aryl methyl sites for hydroxylation is 3. The first-order chi connectivity index (χ1) is 13.5. The van der Waals surface area contributed by atoms with Crippen molar-refractivity contribution in [1.82, 2.24) is 20.2 Å². The summed E-state index contributed by atoms with van der Waals surface area (Å²) in [7, 11) is 0. The van der Waals surface area contributed by atoms with Crippen LogP contribution >= 0.6 is 11.3 Å². The van der Waals surface area contributed by atoms with Gasteiger partial charge in [0.1, 0.15) is 9.88 Å². The van der Waals surface area contributed by atoms with E-state index in [2.05, 4.69) is 42.3 Å². The predicted octanol–water partition coefficient (Wildman–Crippen LogP) is 3.92. The first-order valence-electron chi connectivity index (χ1n) is 9.51. The molecule has 0 aliphatic carbocycles. The number of rotatable bonds is 3. The van der Waals surface area contributed by atoms with Crippen molar-refractivity contribution in [2.24, 2.45) is 0 Å². The molecule has 1 N–H and O–H groups in total. The Kier molecular flexibility index (Phi) is 5.24. The highest BCUT2D eigenvalue weighted by Gasteiger charge is 2.31. The maximum absolute atomic E-state index is 13.4. The Morgan fingerprint density at radius 1 is 1.25 bits per heavy atom. The molecule has 0 bridgehead atoms. The van der Waals surface area contributed by atoms with E-state index in [-0.39, 0.29) is 11.9 Å². The molecule has 1 saturated heterocycles. The third-order valence-electron chi connectivity index (χ3n) is 5.18. The molecular weight excluding hydrogens is 368 g/mol. The molecule has 4 rings (SSSR count). The minimum atomic E-state index is -0.0130. The van der Waals surface area contributed by atoms with Crippen molar-refractivity contribution in [3.8, 4) is 10.6 Å². The molecular formula is C22H24N4OS. The van der Waals surface area contributed by atoms with Crippen LogP contribution in [0.1, 0.15) is 38.1 Å². The maximum atomic E-state index is 13.4. The third kappa shape index (κ3) is 3.57. The lowest BCUT2D eigenvalue weighted by Gasteiger charge is -2.36. The highest BCUT2D eigenvalue weighted by Crippen LogP contribution is 2.33. The average molecular weight is 393 g/mol. The monoisotopic (exact) mass is 392 g/mol. The lowest BCUT2D eigenvalue weighted by atomic mass is 10.0. The molecule has 1 amide bonds. The molecule has 0 spiro atoms. The van der Waals surface area contributed by atoms with Crippen molar-refractivity contribution in [2.75, 3.05) is 19.6 Å². The van der Waals surface area contributed by atoms with E-state index in [9.17, 15) is 4.79 Å². The quantitative estimate of drug-likeness (QED) is 0.734. The molecule has 5 nitrogen and oxygen atoms in total. The molecule has 1 aliphatic heterocycles. The van der Waals surface area contributed by atoms with Crippen LogP contribution in [0.4, 0.5) is 0 Å². The van der Waals surface area contributed by atoms with E-state index in [0.29, 0.717) is 6.54 Å². The molecule has 144 valence electrons. The number of nitrogens with zero attached hydrogens (tertiary/aromatic N) is 3. The summed E-state index contributed by atoms with van der Waals surface area (Å²) in [6, 6.07) is 10.3. The molecule has 1 unspecified atom stereocenters. The van der Waals surface area contributed by atoms with E-state index in [1.807, 2.05) is 30.2 Å². The highest BCUT2D eigenvalue weighted by molar-refractivity contribution is 7.17. The summed E-state index contributed by atoms with van der Waals surface area (Å²) in [5.74, 6) is 0.0568. The summed E-state index contributed by atoms with van der Waals surface area (Å²) in [6.45, 7) is 8.31. The second-order valence-electron chi connectivity index (χ2n) is 7.26. The van der Waals surface area contributed by atoms with Crippen molar-refractivity contribution in [3.63, 3.8) is 0 Å². The van der Waals surface area contributed by atoms with Gasteiger partial charge in [0.05, 0.1) is 11.7 Å². The van der Waals surface area contributed by atoms with E-state index in [1.54, 1.807) is 6.20 Å². The Bertz CT molecular complexity index is 999. The van der Waals surface area contributed by atoms with E-state index < -0.39 is 0 Å². The number of pyridine rings is 1. The van der Waals surface area contributed by atoms with Crippen LogP contribution in [0.2, 0.25) is 0 Å². The number of hydrogen-bond acceptors (Lipinski definition) is 5. The molecule has 1 aliphatic rings. The van der Waals surface area contributed by atoms with Crippen LogP contribution in [-0.2, 0) is 0 Å². The highest BCUT2D eigenvalue weighted by atomic mass is 32.1. The first-order valence-corrected chi connectivity index (χ1v) is 10.3. The van der Waals surface area contributed by atoms with Crippen LogP contribution in [0.3, 0.4) is 0 Å². The standard InChI is InChI=1S/C22H24N4OS/c1-14-6-7-18(15(2)11-14)21-25-16(3)20(28-21)22(27)26-10-9-24-13-19(26)17-5-4-8-23-12-17/h4-8,11-12,19,24H,9-10,13H2,1-3H3. The van der Waals surface area contributed by atoms with Crippen LogP contribution in [-0.4, -0.2) is 40.4 Å². The van der Waals surface area contributed by atoms with E-state index in [4.69, 9.17) is 4.98 Å². The summed E-state index contributed by atoms with van der Waals surface area (Å²) in [5.41, 5.74) is 5.37. The van der Waals surface area contributed by atoms with E-state index >= 15 is 0 Å². The van der Waals surface area contributed by atoms with Gasteiger partial charge in [0, 0.05) is 37.6 Å². The number of carbonyl (C=O) groups is 1. The Morgan fingerprint density at radius 2 is 2.11 bits per heavy atom. The van der Waals surface area contributed by atoms with Gasteiger partial charge in [-0.15, -0.1) is 11.3 Å². The zero-order chi connectivity index (χ0) is 19.7. The van der Waals surface area contributed by atoms with Gasteiger partial charge < -0.3 is 10.2 Å². The largest absolute Gasteiger partial charge is 0.328 e. The molecule has 0 saturated carbocycles. The Morgan fingerprint density at radius 3 is 2.86 bits per heavy atom. The lowest BCUT2D eigenvalue weighted by Crippen LogP contribution is -2.48. The van der Waals surface area contributed by atoms with Crippen molar-refractivity contribution in [2.45, 2.75) is 26.8 Å². The summed E-state index contributed by atoms with van der Waals surface area (Å²) < 4.78 is 0. The van der Waals surface area contributed by atoms with Crippen molar-refractivity contribution >= 4 is 17.2 Å².